The van der Waals surface area contributed by atoms with Crippen LogP contribution in [0.1, 0.15) is 32.4 Å². The van der Waals surface area contributed by atoms with E-state index in [4.69, 9.17) is 21.3 Å². The number of hydrogen-bond acceptors (Lipinski definition) is 4. The highest BCUT2D eigenvalue weighted by molar-refractivity contribution is 7.91. The molecule has 0 fully saturated rings. The highest BCUT2D eigenvalue weighted by Gasteiger charge is 2.19. The van der Waals surface area contributed by atoms with Gasteiger partial charge in [-0.1, -0.05) is 50.6 Å². The summed E-state index contributed by atoms with van der Waals surface area (Å²) in [5.74, 6) is 1.32. The minimum atomic E-state index is -3.30. The Morgan fingerprint density at radius 1 is 1.03 bits per heavy atom. The Morgan fingerprint density at radius 2 is 1.74 bits per heavy atom. The van der Waals surface area contributed by atoms with Crippen molar-refractivity contribution >= 4 is 27.1 Å². The molecule has 7 heteroatoms. The number of pyridine rings is 1. The minimum absolute atomic E-state index is 0.0424. The van der Waals surface area contributed by atoms with E-state index >= 15 is 0 Å². The molecule has 4 rings (SSSR count). The first-order valence-corrected chi connectivity index (χ1v) is 12.1. The lowest BCUT2D eigenvalue weighted by Crippen LogP contribution is -2.03. The van der Waals surface area contributed by atoms with Crippen LogP contribution in [0.2, 0.25) is 5.02 Å². The van der Waals surface area contributed by atoms with Gasteiger partial charge in [0.2, 0.25) is 0 Å². The van der Waals surface area contributed by atoms with Crippen LogP contribution in [0.4, 0.5) is 0 Å². The molecule has 2 aromatic heterocycles. The lowest BCUT2D eigenvalue weighted by Gasteiger charge is -2.11. The van der Waals surface area contributed by atoms with Gasteiger partial charge in [-0.2, -0.15) is 0 Å². The number of nitrogens with zero attached hydrogens (tertiary/aromatic N) is 2. The Kier molecular flexibility index (Phi) is 5.77. The van der Waals surface area contributed by atoms with Gasteiger partial charge in [0.25, 0.3) is 0 Å². The predicted octanol–water partition coefficient (Wildman–Crippen LogP) is 6.36. The minimum Gasteiger partial charge on any atom is -0.457 e. The van der Waals surface area contributed by atoms with Crippen molar-refractivity contribution in [1.29, 1.82) is 0 Å². The van der Waals surface area contributed by atoms with Crippen molar-refractivity contribution in [3.8, 4) is 22.8 Å². The molecule has 2 aromatic carbocycles. The summed E-state index contributed by atoms with van der Waals surface area (Å²) in [6.45, 7) is 5.82. The molecule has 5 nitrogen and oxygen atoms in total. The molecule has 2 heterocycles. The van der Waals surface area contributed by atoms with E-state index in [2.05, 4.69) is 13.8 Å². The van der Waals surface area contributed by atoms with Gasteiger partial charge >= 0.3 is 0 Å². The third-order valence-electron chi connectivity index (χ3n) is 5.06. The van der Waals surface area contributed by atoms with Crippen molar-refractivity contribution in [2.75, 3.05) is 5.75 Å². The monoisotopic (exact) mass is 454 g/mol. The van der Waals surface area contributed by atoms with E-state index in [1.54, 1.807) is 31.2 Å². The molecule has 0 atom stereocenters. The second-order valence-electron chi connectivity index (χ2n) is 7.56. The molecule has 0 saturated carbocycles. The van der Waals surface area contributed by atoms with Crippen molar-refractivity contribution in [3.05, 3.63) is 77.6 Å². The summed E-state index contributed by atoms with van der Waals surface area (Å²) >= 11 is 6.38. The highest BCUT2D eigenvalue weighted by Crippen LogP contribution is 2.35. The number of benzene rings is 2. The Balaban J connectivity index is 1.77. The summed E-state index contributed by atoms with van der Waals surface area (Å²) in [7, 11) is -3.30. The molecule has 0 spiro atoms. The van der Waals surface area contributed by atoms with E-state index in [-0.39, 0.29) is 16.6 Å². The Labute approximate surface area is 187 Å². The van der Waals surface area contributed by atoms with Crippen LogP contribution in [-0.2, 0) is 9.84 Å². The Bertz CT molecular complexity index is 1360. The van der Waals surface area contributed by atoms with Crippen LogP contribution < -0.4 is 4.74 Å². The van der Waals surface area contributed by atoms with Crippen LogP contribution in [0.15, 0.2) is 71.8 Å². The summed E-state index contributed by atoms with van der Waals surface area (Å²) in [6, 6.07) is 18.0. The van der Waals surface area contributed by atoms with E-state index in [1.807, 2.05) is 47.0 Å². The second-order valence-corrected chi connectivity index (χ2v) is 10.2. The first kappa shape index (κ1) is 21.4. The molecular formula is C24H23ClN2O3S. The number of imidazole rings is 1. The zero-order chi connectivity index (χ0) is 22.2. The molecule has 31 heavy (non-hydrogen) atoms. The molecule has 0 aliphatic carbocycles. The maximum Gasteiger partial charge on any atom is 0.178 e. The Morgan fingerprint density at radius 3 is 2.45 bits per heavy atom. The summed E-state index contributed by atoms with van der Waals surface area (Å²) in [5.41, 5.74) is 3.56. The molecule has 0 aliphatic rings. The number of ether oxygens (including phenoxy) is 1. The van der Waals surface area contributed by atoms with Gasteiger partial charge in [-0.3, -0.25) is 4.40 Å². The third-order valence-corrected chi connectivity index (χ3v) is 7.09. The van der Waals surface area contributed by atoms with Gasteiger partial charge in [-0.15, -0.1) is 0 Å². The third kappa shape index (κ3) is 4.18. The molecule has 0 amide bonds. The molecule has 160 valence electrons. The molecule has 0 aliphatic heterocycles. The smallest absolute Gasteiger partial charge is 0.178 e. The van der Waals surface area contributed by atoms with Crippen LogP contribution >= 0.6 is 11.6 Å². The van der Waals surface area contributed by atoms with Gasteiger partial charge in [0, 0.05) is 11.8 Å². The van der Waals surface area contributed by atoms with Crippen LogP contribution in [0.25, 0.3) is 16.9 Å². The number of hydrogen-bond donors (Lipinski definition) is 0. The maximum atomic E-state index is 12.2. The first-order valence-electron chi connectivity index (χ1n) is 10.1. The molecule has 0 radical (unpaired) electrons. The highest BCUT2D eigenvalue weighted by atomic mass is 35.5. The van der Waals surface area contributed by atoms with Crippen molar-refractivity contribution in [2.45, 2.75) is 31.6 Å². The van der Waals surface area contributed by atoms with Crippen molar-refractivity contribution in [1.82, 2.24) is 9.38 Å². The van der Waals surface area contributed by atoms with Gasteiger partial charge in [-0.05, 0) is 48.4 Å². The number of aromatic nitrogens is 2. The molecule has 0 unspecified atom stereocenters. The van der Waals surface area contributed by atoms with E-state index in [0.29, 0.717) is 22.2 Å². The SMILES string of the molecule is CCS(=O)(=O)c1cccc(Oc2cccc(-c3c(C(C)C)nc4c(Cl)cccn34)c2)c1. The molecular weight excluding hydrogens is 432 g/mol. The van der Waals surface area contributed by atoms with Gasteiger partial charge in [0.05, 0.1) is 27.1 Å². The average molecular weight is 455 g/mol. The lowest BCUT2D eigenvalue weighted by atomic mass is 10.0. The molecule has 4 aromatic rings. The quantitative estimate of drug-likeness (QED) is 0.340. The number of rotatable bonds is 6. The Hall–Kier alpha value is -2.83. The molecule has 0 saturated heterocycles. The normalized spacial score (nSPS) is 11.9. The standard InChI is InChI=1S/C24H23ClN2O3S/c1-4-31(28,29)20-11-6-10-19(15-20)30-18-9-5-8-17(14-18)23-22(16(2)3)26-24-21(25)12-7-13-27(23)24/h5-16H,4H2,1-3H3. The summed E-state index contributed by atoms with van der Waals surface area (Å²) < 4.78 is 32.4. The van der Waals surface area contributed by atoms with Gasteiger partial charge in [0.1, 0.15) is 11.5 Å². The van der Waals surface area contributed by atoms with E-state index in [0.717, 1.165) is 17.0 Å². The van der Waals surface area contributed by atoms with Crippen molar-refractivity contribution in [3.63, 3.8) is 0 Å². The fraction of sp³-hybridized carbons (Fsp3) is 0.208. The maximum absolute atomic E-state index is 12.2. The average Bonchev–Trinajstić information content (AvgIpc) is 3.15. The van der Waals surface area contributed by atoms with E-state index in [9.17, 15) is 8.42 Å². The fourth-order valence-electron chi connectivity index (χ4n) is 3.48. The molecule has 0 bridgehead atoms. The summed E-state index contributed by atoms with van der Waals surface area (Å²) in [4.78, 5) is 5.03. The zero-order valence-electron chi connectivity index (χ0n) is 17.5. The van der Waals surface area contributed by atoms with Gasteiger partial charge < -0.3 is 4.74 Å². The largest absolute Gasteiger partial charge is 0.457 e. The fourth-order valence-corrected chi connectivity index (χ4v) is 4.60. The van der Waals surface area contributed by atoms with Crippen LogP contribution in [0.3, 0.4) is 0 Å². The first-order chi connectivity index (χ1) is 14.8. The van der Waals surface area contributed by atoms with Crippen molar-refractivity contribution < 1.29 is 13.2 Å². The zero-order valence-corrected chi connectivity index (χ0v) is 19.1. The van der Waals surface area contributed by atoms with E-state index in [1.165, 1.54) is 0 Å². The summed E-state index contributed by atoms with van der Waals surface area (Å²) in [5, 5.41) is 0.594. The lowest BCUT2D eigenvalue weighted by molar-refractivity contribution is 0.481. The second kappa shape index (κ2) is 8.36. The predicted molar refractivity (Wildman–Crippen MR) is 124 cm³/mol. The van der Waals surface area contributed by atoms with E-state index < -0.39 is 9.84 Å². The van der Waals surface area contributed by atoms with Crippen molar-refractivity contribution in [2.24, 2.45) is 0 Å². The summed E-state index contributed by atoms with van der Waals surface area (Å²) in [6.07, 6.45) is 1.95. The molecule has 0 N–H and O–H groups in total. The van der Waals surface area contributed by atoms with Crippen LogP contribution in [-0.4, -0.2) is 23.6 Å². The number of sulfone groups is 1. The number of halogens is 1. The number of fused-ring (bicyclic) bond motifs is 1. The van der Waals surface area contributed by atoms with Gasteiger partial charge in [0.15, 0.2) is 15.5 Å². The topological polar surface area (TPSA) is 60.7 Å². The van der Waals surface area contributed by atoms with Gasteiger partial charge in [-0.25, -0.2) is 13.4 Å². The van der Waals surface area contributed by atoms with Crippen LogP contribution in [0, 0.1) is 0 Å². The van der Waals surface area contributed by atoms with Crippen LogP contribution in [0.5, 0.6) is 11.5 Å².